The van der Waals surface area contributed by atoms with Crippen molar-refractivity contribution in [2.75, 3.05) is 11.5 Å². The summed E-state index contributed by atoms with van der Waals surface area (Å²) in [4.78, 5) is 27.8. The van der Waals surface area contributed by atoms with Gasteiger partial charge >= 0.3 is 0 Å². The second-order valence-corrected chi connectivity index (χ2v) is 6.96. The fraction of sp³-hybridized carbons (Fsp3) is 0.158. The lowest BCUT2D eigenvalue weighted by molar-refractivity contribution is -0.384. The summed E-state index contributed by atoms with van der Waals surface area (Å²) in [6, 6.07) is 11.6. The van der Waals surface area contributed by atoms with Gasteiger partial charge in [-0.2, -0.15) is 0 Å². The molecule has 26 heavy (non-hydrogen) atoms. The highest BCUT2D eigenvalue weighted by molar-refractivity contribution is 7.99. The number of nitrogens with zero attached hydrogens (tertiary/aromatic N) is 2. The monoisotopic (exact) mass is 367 g/mol. The lowest BCUT2D eigenvalue weighted by Crippen LogP contribution is -2.05. The maximum Gasteiger partial charge on any atom is 0.270 e. The van der Waals surface area contributed by atoms with Gasteiger partial charge < -0.3 is 5.73 Å². The van der Waals surface area contributed by atoms with Gasteiger partial charge in [0, 0.05) is 28.8 Å². The zero-order valence-corrected chi connectivity index (χ0v) is 15.2. The first-order chi connectivity index (χ1) is 12.4. The number of aromatic nitrogens is 1. The van der Waals surface area contributed by atoms with Crippen LogP contribution in [0.25, 0.3) is 22.0 Å². The first kappa shape index (κ1) is 17.9. The van der Waals surface area contributed by atoms with Crippen LogP contribution in [0.1, 0.15) is 24.2 Å². The highest BCUT2D eigenvalue weighted by Gasteiger charge is 2.22. The maximum atomic E-state index is 12.5. The molecule has 2 aromatic carbocycles. The van der Waals surface area contributed by atoms with Crippen LogP contribution in [0, 0.1) is 10.1 Å². The van der Waals surface area contributed by atoms with Crippen LogP contribution in [0.2, 0.25) is 0 Å². The first-order valence-electron chi connectivity index (χ1n) is 8.04. The van der Waals surface area contributed by atoms with E-state index in [1.165, 1.54) is 30.8 Å². The molecule has 0 fully saturated rings. The molecule has 0 amide bonds. The van der Waals surface area contributed by atoms with Crippen molar-refractivity contribution in [3.63, 3.8) is 0 Å². The van der Waals surface area contributed by atoms with Crippen LogP contribution < -0.4 is 5.73 Å². The molecule has 3 rings (SSSR count). The topological polar surface area (TPSA) is 99.1 Å². The highest BCUT2D eigenvalue weighted by Crippen LogP contribution is 2.40. The Morgan fingerprint density at radius 3 is 2.65 bits per heavy atom. The molecular formula is C19H17N3O3S. The number of anilines is 1. The molecule has 6 nitrogen and oxygen atoms in total. The van der Waals surface area contributed by atoms with E-state index in [2.05, 4.69) is 4.98 Å². The SMILES string of the molecule is CCSc1nc2cccc(N)c2c(-c2cccc([N+](=O)[O-])c2)c1C(C)=O. The van der Waals surface area contributed by atoms with Crippen molar-refractivity contribution in [1.29, 1.82) is 0 Å². The van der Waals surface area contributed by atoms with E-state index >= 15 is 0 Å². The van der Waals surface area contributed by atoms with Gasteiger partial charge in [-0.05, 0) is 30.4 Å². The molecule has 0 aliphatic rings. The van der Waals surface area contributed by atoms with E-state index in [1.807, 2.05) is 13.0 Å². The van der Waals surface area contributed by atoms with Crippen LogP contribution in [0.15, 0.2) is 47.5 Å². The van der Waals surface area contributed by atoms with Gasteiger partial charge in [-0.1, -0.05) is 25.1 Å². The summed E-state index contributed by atoms with van der Waals surface area (Å²) >= 11 is 1.46. The molecule has 1 aromatic heterocycles. The molecule has 3 aromatic rings. The molecule has 0 atom stereocenters. The summed E-state index contributed by atoms with van der Waals surface area (Å²) in [5, 5.41) is 12.4. The standard InChI is InChI=1S/C19H17N3O3S/c1-3-26-19-16(11(2)23)17(12-6-4-7-13(10-12)22(24)25)18-14(20)8-5-9-15(18)21-19/h4-10H,3,20H2,1-2H3. The lowest BCUT2D eigenvalue weighted by Gasteiger charge is -2.16. The zero-order chi connectivity index (χ0) is 18.8. The van der Waals surface area contributed by atoms with Crippen molar-refractivity contribution in [3.05, 3.63) is 58.1 Å². The number of non-ortho nitro benzene ring substituents is 1. The van der Waals surface area contributed by atoms with Gasteiger partial charge in [-0.15, -0.1) is 11.8 Å². The van der Waals surface area contributed by atoms with E-state index in [0.29, 0.717) is 38.3 Å². The average molecular weight is 367 g/mol. The van der Waals surface area contributed by atoms with Gasteiger partial charge in [0.15, 0.2) is 5.78 Å². The number of Topliss-reactive ketones (excluding diaryl/α,β-unsaturated/α-hetero) is 1. The lowest BCUT2D eigenvalue weighted by atomic mass is 9.93. The summed E-state index contributed by atoms with van der Waals surface area (Å²) in [7, 11) is 0. The third-order valence-electron chi connectivity index (χ3n) is 3.99. The van der Waals surface area contributed by atoms with Crippen molar-refractivity contribution in [2.45, 2.75) is 18.9 Å². The van der Waals surface area contributed by atoms with Crippen LogP contribution in [0.3, 0.4) is 0 Å². The van der Waals surface area contributed by atoms with E-state index in [0.717, 1.165) is 5.75 Å². The van der Waals surface area contributed by atoms with Crippen LogP contribution >= 0.6 is 11.8 Å². The number of nitro groups is 1. The second-order valence-electron chi connectivity index (χ2n) is 5.70. The smallest absolute Gasteiger partial charge is 0.270 e. The normalized spacial score (nSPS) is 10.8. The molecule has 0 saturated carbocycles. The minimum absolute atomic E-state index is 0.0406. The molecule has 0 spiro atoms. The quantitative estimate of drug-likeness (QED) is 0.230. The van der Waals surface area contributed by atoms with Crippen LogP contribution in [0.5, 0.6) is 0 Å². The molecule has 0 aliphatic carbocycles. The Kier molecular flexibility index (Phi) is 4.90. The van der Waals surface area contributed by atoms with Crippen LogP contribution in [-0.4, -0.2) is 21.4 Å². The molecule has 0 saturated heterocycles. The number of carbonyl (C=O) groups is 1. The number of carbonyl (C=O) groups excluding carboxylic acids is 1. The summed E-state index contributed by atoms with van der Waals surface area (Å²) in [6.07, 6.45) is 0. The number of thioether (sulfide) groups is 1. The van der Waals surface area contributed by atoms with Gasteiger partial charge in [0.2, 0.25) is 0 Å². The number of ketones is 1. The Morgan fingerprint density at radius 1 is 1.27 bits per heavy atom. The van der Waals surface area contributed by atoms with Gasteiger partial charge in [0.05, 0.1) is 16.0 Å². The molecule has 0 bridgehead atoms. The van der Waals surface area contributed by atoms with Crippen molar-refractivity contribution in [2.24, 2.45) is 0 Å². The number of rotatable bonds is 5. The van der Waals surface area contributed by atoms with E-state index in [4.69, 9.17) is 5.73 Å². The summed E-state index contributed by atoms with van der Waals surface area (Å²) in [5.41, 5.74) is 8.91. The predicted octanol–water partition coefficient (Wildman–Crippen LogP) is 4.71. The number of pyridine rings is 1. The summed E-state index contributed by atoms with van der Waals surface area (Å²) in [5.74, 6) is 0.593. The van der Waals surface area contributed by atoms with E-state index in [1.54, 1.807) is 24.3 Å². The van der Waals surface area contributed by atoms with Gasteiger partial charge in [-0.3, -0.25) is 14.9 Å². The fourth-order valence-electron chi connectivity index (χ4n) is 2.95. The zero-order valence-electron chi connectivity index (χ0n) is 14.4. The largest absolute Gasteiger partial charge is 0.398 e. The van der Waals surface area contributed by atoms with E-state index in [9.17, 15) is 14.9 Å². The summed E-state index contributed by atoms with van der Waals surface area (Å²) < 4.78 is 0. The Hall–Kier alpha value is -2.93. The van der Waals surface area contributed by atoms with Gasteiger partial charge in [0.25, 0.3) is 5.69 Å². The molecule has 0 unspecified atom stereocenters. The Morgan fingerprint density at radius 2 is 2.00 bits per heavy atom. The fourth-order valence-corrected chi connectivity index (χ4v) is 3.78. The maximum absolute atomic E-state index is 12.5. The second kappa shape index (κ2) is 7.13. The molecule has 1 heterocycles. The number of fused-ring (bicyclic) bond motifs is 1. The van der Waals surface area contributed by atoms with E-state index in [-0.39, 0.29) is 11.5 Å². The third kappa shape index (κ3) is 3.13. The highest BCUT2D eigenvalue weighted by atomic mass is 32.2. The van der Waals surface area contributed by atoms with Crippen LogP contribution in [0.4, 0.5) is 11.4 Å². The number of nitrogens with two attached hydrogens (primary N) is 1. The summed E-state index contributed by atoms with van der Waals surface area (Å²) in [6.45, 7) is 3.45. The van der Waals surface area contributed by atoms with Crippen molar-refractivity contribution in [1.82, 2.24) is 4.98 Å². The Balaban J connectivity index is 2.48. The van der Waals surface area contributed by atoms with Crippen LogP contribution in [-0.2, 0) is 0 Å². The van der Waals surface area contributed by atoms with E-state index < -0.39 is 4.92 Å². The molecule has 0 aliphatic heterocycles. The number of nitro benzene ring substituents is 1. The number of nitrogen functional groups attached to an aromatic ring is 1. The van der Waals surface area contributed by atoms with Gasteiger partial charge in [-0.25, -0.2) is 4.98 Å². The first-order valence-corrected chi connectivity index (χ1v) is 9.03. The molecule has 7 heteroatoms. The Labute approximate surface area is 154 Å². The van der Waals surface area contributed by atoms with Crippen molar-refractivity contribution < 1.29 is 9.72 Å². The molecule has 2 N–H and O–H groups in total. The van der Waals surface area contributed by atoms with Crippen molar-refractivity contribution >= 4 is 39.8 Å². The number of hydrogen-bond donors (Lipinski definition) is 1. The minimum atomic E-state index is -0.453. The minimum Gasteiger partial charge on any atom is -0.398 e. The van der Waals surface area contributed by atoms with Gasteiger partial charge in [0.1, 0.15) is 5.03 Å². The third-order valence-corrected chi connectivity index (χ3v) is 4.85. The van der Waals surface area contributed by atoms with Crippen molar-refractivity contribution in [3.8, 4) is 11.1 Å². The predicted molar refractivity (Wildman–Crippen MR) is 105 cm³/mol. The average Bonchev–Trinajstić information content (AvgIpc) is 2.61. The molecular weight excluding hydrogens is 350 g/mol. The Bertz CT molecular complexity index is 1030. The molecule has 0 radical (unpaired) electrons. The number of hydrogen-bond acceptors (Lipinski definition) is 6. The number of benzene rings is 2. The molecule has 132 valence electrons.